The standard InChI is InChI=1S/C18H25N5O3S2/c1-6-7-10-23-16-9-8-14(28(24,25)22(4)5)11-15(16)19-18(23)27-12(2)17-21-20-13(3)26-17/h8-9,11-12H,6-7,10H2,1-5H3. The van der Waals surface area contributed by atoms with Crippen molar-refractivity contribution in [3.05, 3.63) is 30.0 Å². The van der Waals surface area contributed by atoms with Gasteiger partial charge in [0.1, 0.15) is 0 Å². The number of sulfonamides is 1. The van der Waals surface area contributed by atoms with Crippen molar-refractivity contribution in [1.82, 2.24) is 24.1 Å². The van der Waals surface area contributed by atoms with Crippen LogP contribution in [0.5, 0.6) is 0 Å². The van der Waals surface area contributed by atoms with E-state index in [2.05, 4.69) is 21.7 Å². The molecule has 2 heterocycles. The van der Waals surface area contributed by atoms with Crippen molar-refractivity contribution >= 4 is 32.8 Å². The molecular formula is C18H25N5O3S2. The molecule has 0 amide bonds. The number of hydrogen-bond acceptors (Lipinski definition) is 7. The van der Waals surface area contributed by atoms with Crippen LogP contribution < -0.4 is 0 Å². The van der Waals surface area contributed by atoms with Crippen molar-refractivity contribution in [2.75, 3.05) is 14.1 Å². The molecule has 0 aliphatic carbocycles. The fraction of sp³-hybridized carbons (Fsp3) is 0.500. The number of hydrogen-bond donors (Lipinski definition) is 0. The van der Waals surface area contributed by atoms with Crippen LogP contribution in [0.2, 0.25) is 0 Å². The monoisotopic (exact) mass is 423 g/mol. The Hall–Kier alpha value is -1.91. The number of fused-ring (bicyclic) bond motifs is 1. The average molecular weight is 424 g/mol. The number of benzene rings is 1. The lowest BCUT2D eigenvalue weighted by atomic mass is 10.3. The predicted molar refractivity (Wildman–Crippen MR) is 109 cm³/mol. The van der Waals surface area contributed by atoms with E-state index in [-0.39, 0.29) is 10.1 Å². The third-order valence-electron chi connectivity index (χ3n) is 4.37. The Morgan fingerprint density at radius 1 is 1.29 bits per heavy atom. The van der Waals surface area contributed by atoms with Crippen molar-refractivity contribution < 1.29 is 12.8 Å². The van der Waals surface area contributed by atoms with Crippen LogP contribution in [0.3, 0.4) is 0 Å². The third kappa shape index (κ3) is 4.08. The van der Waals surface area contributed by atoms with Gasteiger partial charge in [-0.15, -0.1) is 10.2 Å². The van der Waals surface area contributed by atoms with Gasteiger partial charge in [0.2, 0.25) is 21.8 Å². The van der Waals surface area contributed by atoms with Crippen LogP contribution in [0, 0.1) is 6.92 Å². The third-order valence-corrected chi connectivity index (χ3v) is 7.26. The molecule has 152 valence electrons. The fourth-order valence-electron chi connectivity index (χ4n) is 2.77. The van der Waals surface area contributed by atoms with Gasteiger partial charge in [0.15, 0.2) is 5.16 Å². The molecule has 3 aromatic rings. The summed E-state index contributed by atoms with van der Waals surface area (Å²) < 4.78 is 33.8. The number of aromatic nitrogens is 4. The van der Waals surface area contributed by atoms with Gasteiger partial charge in [0.25, 0.3) is 0 Å². The van der Waals surface area contributed by atoms with E-state index in [1.807, 2.05) is 13.0 Å². The number of nitrogens with zero attached hydrogens (tertiary/aromatic N) is 5. The van der Waals surface area contributed by atoms with Gasteiger partial charge in [-0.05, 0) is 31.5 Å². The van der Waals surface area contributed by atoms with Crippen molar-refractivity contribution in [3.8, 4) is 0 Å². The minimum absolute atomic E-state index is 0.0663. The largest absolute Gasteiger partial charge is 0.424 e. The molecule has 0 saturated carbocycles. The molecule has 2 aromatic heterocycles. The number of imidazole rings is 1. The summed E-state index contributed by atoms with van der Waals surface area (Å²) in [6.07, 6.45) is 2.06. The van der Waals surface area contributed by atoms with E-state index < -0.39 is 10.0 Å². The molecule has 28 heavy (non-hydrogen) atoms. The maximum absolute atomic E-state index is 12.5. The summed E-state index contributed by atoms with van der Waals surface area (Å²) in [5.41, 5.74) is 1.58. The molecule has 3 rings (SSSR count). The van der Waals surface area contributed by atoms with Crippen LogP contribution in [-0.4, -0.2) is 46.6 Å². The van der Waals surface area contributed by atoms with E-state index in [1.165, 1.54) is 30.2 Å². The van der Waals surface area contributed by atoms with Crippen LogP contribution in [0.1, 0.15) is 43.7 Å². The molecule has 0 aliphatic heterocycles. The summed E-state index contributed by atoms with van der Waals surface area (Å²) in [6, 6.07) is 5.11. The Morgan fingerprint density at radius 3 is 2.64 bits per heavy atom. The van der Waals surface area contributed by atoms with Gasteiger partial charge >= 0.3 is 0 Å². The van der Waals surface area contributed by atoms with Gasteiger partial charge in [0, 0.05) is 27.6 Å². The van der Waals surface area contributed by atoms with Crippen LogP contribution in [0.4, 0.5) is 0 Å². The first-order valence-electron chi connectivity index (χ1n) is 9.13. The predicted octanol–water partition coefficient (Wildman–Crippen LogP) is 3.63. The topological polar surface area (TPSA) is 94.1 Å². The first-order chi connectivity index (χ1) is 13.2. The second-order valence-electron chi connectivity index (χ2n) is 6.76. The second-order valence-corrected chi connectivity index (χ2v) is 10.2. The first-order valence-corrected chi connectivity index (χ1v) is 11.5. The van der Waals surface area contributed by atoms with Gasteiger partial charge in [-0.25, -0.2) is 17.7 Å². The van der Waals surface area contributed by atoms with Crippen LogP contribution >= 0.6 is 11.8 Å². The molecule has 0 N–H and O–H groups in total. The lowest BCUT2D eigenvalue weighted by Gasteiger charge is -2.12. The van der Waals surface area contributed by atoms with E-state index in [0.29, 0.717) is 17.3 Å². The molecule has 8 nitrogen and oxygen atoms in total. The molecule has 1 atom stereocenters. The molecule has 0 saturated heterocycles. The Morgan fingerprint density at radius 2 is 2.04 bits per heavy atom. The molecular weight excluding hydrogens is 398 g/mol. The van der Waals surface area contributed by atoms with Crippen LogP contribution in [0.15, 0.2) is 32.7 Å². The summed E-state index contributed by atoms with van der Waals surface area (Å²) >= 11 is 1.53. The van der Waals surface area contributed by atoms with Crippen molar-refractivity contribution in [3.63, 3.8) is 0 Å². The second kappa shape index (κ2) is 8.22. The Bertz CT molecular complexity index is 1070. The average Bonchev–Trinajstić information content (AvgIpc) is 3.22. The molecule has 1 aromatic carbocycles. The first kappa shape index (κ1) is 20.8. The zero-order chi connectivity index (χ0) is 20.5. The highest BCUT2D eigenvalue weighted by Crippen LogP contribution is 2.36. The zero-order valence-electron chi connectivity index (χ0n) is 16.7. The summed E-state index contributed by atoms with van der Waals surface area (Å²) in [5, 5.41) is 8.73. The van der Waals surface area contributed by atoms with Crippen LogP contribution in [0.25, 0.3) is 11.0 Å². The fourth-order valence-corrected chi connectivity index (χ4v) is 4.67. The molecule has 10 heteroatoms. The summed E-state index contributed by atoms with van der Waals surface area (Å²) in [7, 11) is -0.463. The number of thioether (sulfide) groups is 1. The van der Waals surface area contributed by atoms with E-state index in [0.717, 1.165) is 30.1 Å². The highest BCUT2D eigenvalue weighted by Gasteiger charge is 2.22. The van der Waals surface area contributed by atoms with Gasteiger partial charge < -0.3 is 8.98 Å². The van der Waals surface area contributed by atoms with Gasteiger partial charge in [-0.3, -0.25) is 0 Å². The van der Waals surface area contributed by atoms with Crippen molar-refractivity contribution in [1.29, 1.82) is 0 Å². The highest BCUT2D eigenvalue weighted by molar-refractivity contribution is 7.99. The highest BCUT2D eigenvalue weighted by atomic mass is 32.2. The van der Waals surface area contributed by atoms with Crippen LogP contribution in [-0.2, 0) is 16.6 Å². The molecule has 0 fully saturated rings. The maximum atomic E-state index is 12.5. The number of aryl methyl sites for hydroxylation is 2. The lowest BCUT2D eigenvalue weighted by Crippen LogP contribution is -2.22. The van der Waals surface area contributed by atoms with E-state index >= 15 is 0 Å². The van der Waals surface area contributed by atoms with Crippen molar-refractivity contribution in [2.45, 2.75) is 55.5 Å². The minimum Gasteiger partial charge on any atom is -0.424 e. The normalized spacial score (nSPS) is 13.5. The van der Waals surface area contributed by atoms with Gasteiger partial charge in [-0.1, -0.05) is 25.1 Å². The van der Waals surface area contributed by atoms with E-state index in [4.69, 9.17) is 9.40 Å². The Balaban J connectivity index is 2.02. The Kier molecular flexibility index (Phi) is 6.11. The van der Waals surface area contributed by atoms with E-state index in [1.54, 1.807) is 19.1 Å². The van der Waals surface area contributed by atoms with E-state index in [9.17, 15) is 8.42 Å². The maximum Gasteiger partial charge on any atom is 0.242 e. The summed E-state index contributed by atoms with van der Waals surface area (Å²) in [5.74, 6) is 1.08. The quantitative estimate of drug-likeness (QED) is 0.511. The summed E-state index contributed by atoms with van der Waals surface area (Å²) in [4.78, 5) is 4.96. The van der Waals surface area contributed by atoms with Gasteiger partial charge in [0.05, 0.1) is 21.2 Å². The molecule has 0 aliphatic rings. The molecule has 0 bridgehead atoms. The molecule has 0 spiro atoms. The van der Waals surface area contributed by atoms with Gasteiger partial charge in [-0.2, -0.15) is 0 Å². The zero-order valence-corrected chi connectivity index (χ0v) is 18.3. The Labute approximate surface area is 169 Å². The number of rotatable bonds is 8. The minimum atomic E-state index is -3.51. The SMILES string of the molecule is CCCCn1c(SC(C)c2nnc(C)o2)nc2cc(S(=O)(=O)N(C)C)ccc21. The smallest absolute Gasteiger partial charge is 0.242 e. The summed E-state index contributed by atoms with van der Waals surface area (Å²) in [6.45, 7) is 6.70. The van der Waals surface area contributed by atoms with Crippen molar-refractivity contribution in [2.24, 2.45) is 0 Å². The lowest BCUT2D eigenvalue weighted by molar-refractivity contribution is 0.469. The number of unbranched alkanes of at least 4 members (excludes halogenated alkanes) is 1. The molecule has 0 radical (unpaired) electrons. The molecule has 1 unspecified atom stereocenters.